The van der Waals surface area contributed by atoms with Crippen LogP contribution in [0, 0.1) is 0 Å². The molecule has 0 saturated carbocycles. The minimum Gasteiger partial charge on any atom is -0.467 e. The number of hydrogen-bond acceptors (Lipinski definition) is 3. The number of hydrogen-bond donors (Lipinski definition) is 1. The molecule has 6 heteroatoms. The van der Waals surface area contributed by atoms with Crippen molar-refractivity contribution in [3.8, 4) is 0 Å². The SMILES string of the molecule is CCc1ccccc1NC(=O)N(CC(=O)N(CCc1ccccc1)Cc1ccco1)C(C)CC. The van der Waals surface area contributed by atoms with Gasteiger partial charge in [-0.05, 0) is 55.5 Å². The van der Waals surface area contributed by atoms with Crippen molar-refractivity contribution in [1.29, 1.82) is 0 Å². The molecule has 0 aliphatic rings. The summed E-state index contributed by atoms with van der Waals surface area (Å²) in [6, 6.07) is 21.2. The average Bonchev–Trinajstić information content (AvgIpc) is 3.38. The number of carbonyl (C=O) groups excluding carboxylic acids is 2. The Labute approximate surface area is 202 Å². The molecule has 1 N–H and O–H groups in total. The molecule has 1 aromatic heterocycles. The number of urea groups is 1. The Balaban J connectivity index is 1.74. The molecule has 1 heterocycles. The van der Waals surface area contributed by atoms with Gasteiger partial charge in [0.2, 0.25) is 5.91 Å². The van der Waals surface area contributed by atoms with Crippen molar-refractivity contribution in [2.75, 3.05) is 18.4 Å². The van der Waals surface area contributed by atoms with Crippen LogP contribution in [0.2, 0.25) is 0 Å². The number of carbonyl (C=O) groups is 2. The van der Waals surface area contributed by atoms with Crippen molar-refractivity contribution in [1.82, 2.24) is 9.80 Å². The van der Waals surface area contributed by atoms with Crippen molar-refractivity contribution in [2.45, 2.75) is 52.6 Å². The first-order valence-corrected chi connectivity index (χ1v) is 12.0. The Bertz CT molecular complexity index is 1030. The minimum atomic E-state index is -0.260. The number of nitrogens with one attached hydrogen (secondary N) is 1. The lowest BCUT2D eigenvalue weighted by Gasteiger charge is -2.31. The third-order valence-corrected chi connectivity index (χ3v) is 6.12. The fourth-order valence-corrected chi connectivity index (χ4v) is 3.82. The Kier molecular flexibility index (Phi) is 9.32. The lowest BCUT2D eigenvalue weighted by atomic mass is 10.1. The highest BCUT2D eigenvalue weighted by molar-refractivity contribution is 5.93. The predicted molar refractivity (Wildman–Crippen MR) is 136 cm³/mol. The molecule has 1 atom stereocenters. The van der Waals surface area contributed by atoms with Crippen molar-refractivity contribution < 1.29 is 14.0 Å². The average molecular weight is 462 g/mol. The van der Waals surface area contributed by atoms with E-state index in [1.54, 1.807) is 16.1 Å². The number of para-hydroxylation sites is 1. The van der Waals surface area contributed by atoms with E-state index in [-0.39, 0.29) is 24.5 Å². The van der Waals surface area contributed by atoms with E-state index < -0.39 is 0 Å². The molecule has 0 bridgehead atoms. The van der Waals surface area contributed by atoms with Gasteiger partial charge in [-0.2, -0.15) is 0 Å². The third kappa shape index (κ3) is 6.98. The molecular formula is C28H35N3O3. The molecule has 3 amide bonds. The second-order valence-electron chi connectivity index (χ2n) is 8.46. The number of benzene rings is 2. The zero-order chi connectivity index (χ0) is 24.3. The fraction of sp³-hybridized carbons (Fsp3) is 0.357. The first kappa shape index (κ1) is 25.1. The van der Waals surface area contributed by atoms with Gasteiger partial charge >= 0.3 is 6.03 Å². The normalized spacial score (nSPS) is 11.6. The van der Waals surface area contributed by atoms with Crippen LogP contribution in [0.25, 0.3) is 0 Å². The highest BCUT2D eigenvalue weighted by Gasteiger charge is 2.25. The fourth-order valence-electron chi connectivity index (χ4n) is 3.82. The van der Waals surface area contributed by atoms with E-state index in [2.05, 4.69) is 24.4 Å². The zero-order valence-electron chi connectivity index (χ0n) is 20.4. The second kappa shape index (κ2) is 12.6. The summed E-state index contributed by atoms with van der Waals surface area (Å²) in [5, 5.41) is 3.02. The van der Waals surface area contributed by atoms with Gasteiger partial charge in [-0.15, -0.1) is 0 Å². The standard InChI is InChI=1S/C28H35N3O3/c1-4-22(3)31(28(33)29-26-16-10-9-14-24(26)5-2)21-27(32)30(20-25-15-11-19-34-25)18-17-23-12-7-6-8-13-23/h6-16,19,22H,4-5,17-18,20-21H2,1-3H3,(H,29,33). The van der Waals surface area contributed by atoms with Crippen LogP contribution in [-0.2, 0) is 24.2 Å². The second-order valence-corrected chi connectivity index (χ2v) is 8.46. The molecule has 3 aromatic rings. The van der Waals surface area contributed by atoms with Gasteiger partial charge in [-0.1, -0.05) is 62.4 Å². The molecule has 0 saturated heterocycles. The molecular weight excluding hydrogens is 426 g/mol. The maximum absolute atomic E-state index is 13.5. The Morgan fingerprint density at radius 1 is 0.971 bits per heavy atom. The quantitative estimate of drug-likeness (QED) is 0.396. The molecule has 6 nitrogen and oxygen atoms in total. The van der Waals surface area contributed by atoms with E-state index in [4.69, 9.17) is 4.42 Å². The highest BCUT2D eigenvalue weighted by atomic mass is 16.3. The largest absolute Gasteiger partial charge is 0.467 e. The van der Waals surface area contributed by atoms with Crippen LogP contribution in [0.4, 0.5) is 10.5 Å². The van der Waals surface area contributed by atoms with Crippen LogP contribution in [0.5, 0.6) is 0 Å². The first-order valence-electron chi connectivity index (χ1n) is 12.0. The minimum absolute atomic E-state index is 0.00459. The summed E-state index contributed by atoms with van der Waals surface area (Å²) in [6.07, 6.45) is 3.90. The summed E-state index contributed by atoms with van der Waals surface area (Å²) in [5.74, 6) is 0.615. The Hall–Kier alpha value is -3.54. The predicted octanol–water partition coefficient (Wildman–Crippen LogP) is 5.75. The lowest BCUT2D eigenvalue weighted by Crippen LogP contribution is -2.48. The van der Waals surface area contributed by atoms with E-state index >= 15 is 0 Å². The van der Waals surface area contributed by atoms with Gasteiger partial charge in [0.05, 0.1) is 12.8 Å². The van der Waals surface area contributed by atoms with E-state index in [1.165, 1.54) is 0 Å². The van der Waals surface area contributed by atoms with E-state index in [1.807, 2.05) is 68.4 Å². The maximum Gasteiger partial charge on any atom is 0.322 e. The first-order chi connectivity index (χ1) is 16.5. The number of rotatable bonds is 11. The highest BCUT2D eigenvalue weighted by Crippen LogP contribution is 2.18. The van der Waals surface area contributed by atoms with Crippen molar-refractivity contribution in [2.24, 2.45) is 0 Å². The van der Waals surface area contributed by atoms with E-state index in [0.29, 0.717) is 13.1 Å². The van der Waals surface area contributed by atoms with Gasteiger partial charge in [0.15, 0.2) is 0 Å². The number of nitrogens with zero attached hydrogens (tertiary/aromatic N) is 2. The van der Waals surface area contributed by atoms with Crippen LogP contribution in [0.1, 0.15) is 44.1 Å². The molecule has 0 fully saturated rings. The Morgan fingerprint density at radius 2 is 1.71 bits per heavy atom. The number of anilines is 1. The molecule has 0 spiro atoms. The van der Waals surface area contributed by atoms with E-state index in [0.717, 1.165) is 41.8 Å². The number of aryl methyl sites for hydroxylation is 1. The van der Waals surface area contributed by atoms with Crippen LogP contribution >= 0.6 is 0 Å². The van der Waals surface area contributed by atoms with Gasteiger partial charge in [0.1, 0.15) is 12.3 Å². The summed E-state index contributed by atoms with van der Waals surface area (Å²) in [4.78, 5) is 30.1. The molecule has 3 rings (SSSR count). The monoisotopic (exact) mass is 461 g/mol. The molecule has 0 aliphatic heterocycles. The molecule has 2 aromatic carbocycles. The van der Waals surface area contributed by atoms with Gasteiger partial charge in [0, 0.05) is 18.3 Å². The summed E-state index contributed by atoms with van der Waals surface area (Å²) in [6.45, 7) is 6.96. The third-order valence-electron chi connectivity index (χ3n) is 6.12. The molecule has 34 heavy (non-hydrogen) atoms. The molecule has 1 unspecified atom stereocenters. The van der Waals surface area contributed by atoms with E-state index in [9.17, 15) is 9.59 Å². The maximum atomic E-state index is 13.5. The Morgan fingerprint density at radius 3 is 2.38 bits per heavy atom. The summed E-state index contributed by atoms with van der Waals surface area (Å²) < 4.78 is 5.51. The lowest BCUT2D eigenvalue weighted by molar-refractivity contribution is -0.133. The van der Waals surface area contributed by atoms with Crippen LogP contribution < -0.4 is 5.32 Å². The van der Waals surface area contributed by atoms with Crippen molar-refractivity contribution in [3.63, 3.8) is 0 Å². The molecule has 180 valence electrons. The van der Waals surface area contributed by atoms with Crippen molar-refractivity contribution >= 4 is 17.6 Å². The van der Waals surface area contributed by atoms with Crippen molar-refractivity contribution in [3.05, 3.63) is 89.9 Å². The van der Waals surface area contributed by atoms with Gasteiger partial charge in [-0.3, -0.25) is 4.79 Å². The molecule has 0 aliphatic carbocycles. The van der Waals surface area contributed by atoms with Crippen LogP contribution in [0.3, 0.4) is 0 Å². The van der Waals surface area contributed by atoms with Gasteiger partial charge in [-0.25, -0.2) is 4.79 Å². The summed E-state index contributed by atoms with van der Waals surface area (Å²) >= 11 is 0. The summed E-state index contributed by atoms with van der Waals surface area (Å²) in [5.41, 5.74) is 3.01. The topological polar surface area (TPSA) is 65.8 Å². The zero-order valence-corrected chi connectivity index (χ0v) is 20.4. The molecule has 0 radical (unpaired) electrons. The number of amides is 3. The number of furan rings is 1. The van der Waals surface area contributed by atoms with Gasteiger partial charge in [0.25, 0.3) is 0 Å². The van der Waals surface area contributed by atoms with Crippen LogP contribution in [-0.4, -0.2) is 40.9 Å². The smallest absolute Gasteiger partial charge is 0.322 e. The summed E-state index contributed by atoms with van der Waals surface area (Å²) in [7, 11) is 0. The van der Waals surface area contributed by atoms with Gasteiger partial charge < -0.3 is 19.5 Å². The van der Waals surface area contributed by atoms with Crippen LogP contribution in [0.15, 0.2) is 77.4 Å².